The highest BCUT2D eigenvalue weighted by Gasteiger charge is 2.03. The molecule has 16 heavy (non-hydrogen) atoms. The van der Waals surface area contributed by atoms with Crippen molar-refractivity contribution in [1.82, 2.24) is 4.98 Å². The molecule has 1 heteroatoms. The van der Waals surface area contributed by atoms with Crippen LogP contribution in [0.25, 0.3) is 21.7 Å². The van der Waals surface area contributed by atoms with Gasteiger partial charge in [0.1, 0.15) is 0 Å². The SMILES string of the molecule is Cc1cc2ncc3ccccc3c2cc1C. The van der Waals surface area contributed by atoms with Crippen LogP contribution in [-0.2, 0) is 0 Å². The minimum atomic E-state index is 1.09. The third-order valence-electron chi connectivity index (χ3n) is 3.21. The molecule has 0 N–H and O–H groups in total. The van der Waals surface area contributed by atoms with Crippen molar-refractivity contribution in [2.24, 2.45) is 0 Å². The van der Waals surface area contributed by atoms with E-state index in [0.29, 0.717) is 0 Å². The summed E-state index contributed by atoms with van der Waals surface area (Å²) in [6.45, 7) is 4.28. The van der Waals surface area contributed by atoms with Gasteiger partial charge in [-0.05, 0) is 42.5 Å². The standard InChI is InChI=1S/C15H13N/c1-10-7-14-13-6-4-3-5-12(13)9-16-15(14)8-11(10)2/h3-9H,1-2H3. The van der Waals surface area contributed by atoms with Crippen LogP contribution in [0.2, 0.25) is 0 Å². The summed E-state index contributed by atoms with van der Waals surface area (Å²) in [6.07, 6.45) is 1.95. The average Bonchev–Trinajstić information content (AvgIpc) is 2.31. The molecule has 0 unspecified atom stereocenters. The smallest absolute Gasteiger partial charge is 0.0711 e. The number of aromatic nitrogens is 1. The fourth-order valence-corrected chi connectivity index (χ4v) is 2.12. The molecule has 0 fully saturated rings. The Morgan fingerprint density at radius 1 is 0.875 bits per heavy atom. The summed E-state index contributed by atoms with van der Waals surface area (Å²) in [4.78, 5) is 4.51. The zero-order valence-electron chi connectivity index (χ0n) is 9.49. The third-order valence-corrected chi connectivity index (χ3v) is 3.21. The first-order chi connectivity index (χ1) is 7.75. The van der Waals surface area contributed by atoms with Gasteiger partial charge in [-0.3, -0.25) is 4.98 Å². The van der Waals surface area contributed by atoms with Crippen molar-refractivity contribution in [2.75, 3.05) is 0 Å². The third kappa shape index (κ3) is 1.28. The number of fused-ring (bicyclic) bond motifs is 3. The highest BCUT2D eigenvalue weighted by molar-refractivity contribution is 6.05. The lowest BCUT2D eigenvalue weighted by atomic mass is 10.0. The molecule has 0 atom stereocenters. The highest BCUT2D eigenvalue weighted by atomic mass is 14.6. The molecule has 3 aromatic rings. The van der Waals surface area contributed by atoms with E-state index in [1.807, 2.05) is 6.20 Å². The summed E-state index contributed by atoms with van der Waals surface area (Å²) < 4.78 is 0. The Kier molecular flexibility index (Phi) is 1.93. The van der Waals surface area contributed by atoms with Crippen molar-refractivity contribution in [3.63, 3.8) is 0 Å². The van der Waals surface area contributed by atoms with Crippen LogP contribution in [0, 0.1) is 13.8 Å². The van der Waals surface area contributed by atoms with Crippen LogP contribution < -0.4 is 0 Å². The highest BCUT2D eigenvalue weighted by Crippen LogP contribution is 2.25. The number of aryl methyl sites for hydroxylation is 2. The topological polar surface area (TPSA) is 12.9 Å². The first kappa shape index (κ1) is 9.34. The summed E-state index contributed by atoms with van der Waals surface area (Å²) in [6, 6.07) is 12.8. The minimum Gasteiger partial charge on any atom is -0.256 e. The van der Waals surface area contributed by atoms with E-state index in [4.69, 9.17) is 0 Å². The van der Waals surface area contributed by atoms with Crippen LogP contribution >= 0.6 is 0 Å². The number of nitrogens with zero attached hydrogens (tertiary/aromatic N) is 1. The Hall–Kier alpha value is -1.89. The van der Waals surface area contributed by atoms with Gasteiger partial charge in [0, 0.05) is 17.0 Å². The van der Waals surface area contributed by atoms with Crippen molar-refractivity contribution in [3.05, 3.63) is 53.7 Å². The Labute approximate surface area is 94.7 Å². The number of hydrogen-bond donors (Lipinski definition) is 0. The number of pyridine rings is 1. The molecule has 2 aromatic carbocycles. The number of rotatable bonds is 0. The first-order valence-corrected chi connectivity index (χ1v) is 5.50. The summed E-state index contributed by atoms with van der Waals surface area (Å²) in [5.41, 5.74) is 3.71. The molecule has 0 spiro atoms. The summed E-state index contributed by atoms with van der Waals surface area (Å²) in [5.74, 6) is 0. The molecular weight excluding hydrogens is 194 g/mol. The van der Waals surface area contributed by atoms with Crippen LogP contribution in [0.3, 0.4) is 0 Å². The molecule has 0 aliphatic rings. The quantitative estimate of drug-likeness (QED) is 0.508. The van der Waals surface area contributed by atoms with Gasteiger partial charge in [-0.25, -0.2) is 0 Å². The van der Waals surface area contributed by atoms with E-state index in [1.54, 1.807) is 0 Å². The zero-order chi connectivity index (χ0) is 11.1. The molecule has 1 aromatic heterocycles. The van der Waals surface area contributed by atoms with Crippen molar-refractivity contribution in [1.29, 1.82) is 0 Å². The molecule has 0 saturated carbocycles. The summed E-state index contributed by atoms with van der Waals surface area (Å²) in [7, 11) is 0. The molecule has 0 bridgehead atoms. The molecule has 1 heterocycles. The van der Waals surface area contributed by atoms with Gasteiger partial charge in [0.2, 0.25) is 0 Å². The molecule has 78 valence electrons. The lowest BCUT2D eigenvalue weighted by molar-refractivity contribution is 1.34. The van der Waals surface area contributed by atoms with Crippen LogP contribution in [0.4, 0.5) is 0 Å². The molecule has 0 radical (unpaired) electrons. The predicted molar refractivity (Wildman–Crippen MR) is 68.7 cm³/mol. The maximum atomic E-state index is 4.51. The van der Waals surface area contributed by atoms with Crippen LogP contribution in [0.5, 0.6) is 0 Å². The molecule has 0 aliphatic carbocycles. The van der Waals surface area contributed by atoms with E-state index in [1.165, 1.54) is 27.3 Å². The normalized spacial score (nSPS) is 11.1. The van der Waals surface area contributed by atoms with E-state index in [-0.39, 0.29) is 0 Å². The van der Waals surface area contributed by atoms with E-state index in [9.17, 15) is 0 Å². The lowest BCUT2D eigenvalue weighted by Crippen LogP contribution is -1.86. The largest absolute Gasteiger partial charge is 0.256 e. The van der Waals surface area contributed by atoms with Gasteiger partial charge in [0.15, 0.2) is 0 Å². The fraction of sp³-hybridized carbons (Fsp3) is 0.133. The second-order valence-electron chi connectivity index (χ2n) is 4.30. The van der Waals surface area contributed by atoms with Crippen LogP contribution in [0.15, 0.2) is 42.6 Å². The van der Waals surface area contributed by atoms with Gasteiger partial charge in [-0.15, -0.1) is 0 Å². The van der Waals surface area contributed by atoms with Gasteiger partial charge in [0.05, 0.1) is 5.52 Å². The molecule has 3 rings (SSSR count). The molecule has 0 saturated heterocycles. The van der Waals surface area contributed by atoms with Crippen LogP contribution in [-0.4, -0.2) is 4.98 Å². The second-order valence-corrected chi connectivity index (χ2v) is 4.30. The minimum absolute atomic E-state index is 1.09. The maximum Gasteiger partial charge on any atom is 0.0711 e. The van der Waals surface area contributed by atoms with Gasteiger partial charge in [0.25, 0.3) is 0 Å². The number of hydrogen-bond acceptors (Lipinski definition) is 1. The van der Waals surface area contributed by atoms with Gasteiger partial charge in [-0.2, -0.15) is 0 Å². The predicted octanol–water partition coefficient (Wildman–Crippen LogP) is 4.00. The van der Waals surface area contributed by atoms with E-state index in [0.717, 1.165) is 5.52 Å². The monoisotopic (exact) mass is 207 g/mol. The average molecular weight is 207 g/mol. The Bertz CT molecular complexity index is 683. The Balaban J connectivity index is 2.55. The van der Waals surface area contributed by atoms with Gasteiger partial charge < -0.3 is 0 Å². The zero-order valence-corrected chi connectivity index (χ0v) is 9.49. The Morgan fingerprint density at radius 3 is 2.50 bits per heavy atom. The van der Waals surface area contributed by atoms with Crippen molar-refractivity contribution in [3.8, 4) is 0 Å². The second kappa shape index (κ2) is 3.31. The maximum absolute atomic E-state index is 4.51. The van der Waals surface area contributed by atoms with Crippen molar-refractivity contribution < 1.29 is 0 Å². The summed E-state index contributed by atoms with van der Waals surface area (Å²) >= 11 is 0. The number of benzene rings is 2. The lowest BCUT2D eigenvalue weighted by Gasteiger charge is -2.06. The van der Waals surface area contributed by atoms with Crippen molar-refractivity contribution in [2.45, 2.75) is 13.8 Å². The molecule has 1 nitrogen and oxygen atoms in total. The molecular formula is C15H13N. The van der Waals surface area contributed by atoms with E-state index < -0.39 is 0 Å². The van der Waals surface area contributed by atoms with E-state index in [2.05, 4.69) is 55.2 Å². The van der Waals surface area contributed by atoms with Crippen LogP contribution in [0.1, 0.15) is 11.1 Å². The molecule has 0 amide bonds. The Morgan fingerprint density at radius 2 is 1.62 bits per heavy atom. The fourth-order valence-electron chi connectivity index (χ4n) is 2.12. The van der Waals surface area contributed by atoms with Gasteiger partial charge in [-0.1, -0.05) is 24.3 Å². The molecule has 0 aliphatic heterocycles. The van der Waals surface area contributed by atoms with Crippen molar-refractivity contribution >= 4 is 21.7 Å². The summed E-state index contributed by atoms with van der Waals surface area (Å²) in [5, 5.41) is 3.75. The van der Waals surface area contributed by atoms with E-state index >= 15 is 0 Å². The first-order valence-electron chi connectivity index (χ1n) is 5.50. The van der Waals surface area contributed by atoms with Gasteiger partial charge >= 0.3 is 0 Å².